The molecule has 0 fully saturated rings. The number of hydrogen-bond acceptors (Lipinski definition) is 3. The van der Waals surface area contributed by atoms with E-state index in [1.54, 1.807) is 18.3 Å². The van der Waals surface area contributed by atoms with Gasteiger partial charge < -0.3 is 11.1 Å². The Bertz CT molecular complexity index is 415. The molecule has 0 unspecified atom stereocenters. The Kier molecular flexibility index (Phi) is 5.76. The number of pyridine rings is 1. The number of nitrogens with zero attached hydrogens (tertiary/aromatic N) is 1. The molecule has 1 amide bonds. The lowest BCUT2D eigenvalue weighted by molar-refractivity contribution is 0.0948. The standard InChI is InChI=1S/C13H17N3O/c1-2-3-9-15-13(17)12-7-6-11(10-16-12)5-4-8-14/h6-7,10H,2-3,8-9,14H2,1H3,(H,15,17). The summed E-state index contributed by atoms with van der Waals surface area (Å²) in [5.41, 5.74) is 6.44. The summed E-state index contributed by atoms with van der Waals surface area (Å²) in [4.78, 5) is 15.7. The second-order valence-corrected chi connectivity index (χ2v) is 3.55. The van der Waals surface area contributed by atoms with Crippen LogP contribution >= 0.6 is 0 Å². The van der Waals surface area contributed by atoms with Gasteiger partial charge in [0.05, 0.1) is 6.54 Å². The Morgan fingerprint density at radius 3 is 2.94 bits per heavy atom. The summed E-state index contributed by atoms with van der Waals surface area (Å²) in [6.45, 7) is 3.08. The molecule has 0 spiro atoms. The molecule has 0 aliphatic heterocycles. The molecular weight excluding hydrogens is 214 g/mol. The van der Waals surface area contributed by atoms with Gasteiger partial charge in [-0.3, -0.25) is 4.79 Å². The highest BCUT2D eigenvalue weighted by molar-refractivity contribution is 5.92. The van der Waals surface area contributed by atoms with E-state index in [-0.39, 0.29) is 5.91 Å². The molecule has 0 bridgehead atoms. The highest BCUT2D eigenvalue weighted by Gasteiger charge is 2.05. The summed E-state index contributed by atoms with van der Waals surface area (Å²) in [6.07, 6.45) is 3.62. The molecule has 4 nitrogen and oxygen atoms in total. The van der Waals surface area contributed by atoms with Crippen molar-refractivity contribution in [3.63, 3.8) is 0 Å². The molecule has 0 saturated heterocycles. The quantitative estimate of drug-likeness (QED) is 0.598. The fourth-order valence-corrected chi connectivity index (χ4v) is 1.22. The molecule has 1 rings (SSSR count). The van der Waals surface area contributed by atoms with Gasteiger partial charge in [-0.2, -0.15) is 0 Å². The van der Waals surface area contributed by atoms with E-state index in [9.17, 15) is 4.79 Å². The lowest BCUT2D eigenvalue weighted by Crippen LogP contribution is -2.25. The van der Waals surface area contributed by atoms with Crippen LogP contribution in [0.1, 0.15) is 35.8 Å². The molecule has 0 saturated carbocycles. The van der Waals surface area contributed by atoms with Crippen molar-refractivity contribution in [2.45, 2.75) is 19.8 Å². The zero-order valence-corrected chi connectivity index (χ0v) is 9.99. The molecule has 0 aliphatic carbocycles. The van der Waals surface area contributed by atoms with Crippen molar-refractivity contribution < 1.29 is 4.79 Å². The smallest absolute Gasteiger partial charge is 0.269 e. The fourth-order valence-electron chi connectivity index (χ4n) is 1.22. The number of amides is 1. The van der Waals surface area contributed by atoms with Gasteiger partial charge in [0.1, 0.15) is 5.69 Å². The highest BCUT2D eigenvalue weighted by Crippen LogP contribution is 1.99. The number of hydrogen-bond donors (Lipinski definition) is 2. The summed E-state index contributed by atoms with van der Waals surface area (Å²) in [7, 11) is 0. The second kappa shape index (κ2) is 7.42. The first-order chi connectivity index (χ1) is 8.27. The first-order valence-electron chi connectivity index (χ1n) is 5.71. The molecule has 3 N–H and O–H groups in total. The molecule has 0 aliphatic rings. The van der Waals surface area contributed by atoms with Gasteiger partial charge in [-0.25, -0.2) is 4.98 Å². The molecule has 17 heavy (non-hydrogen) atoms. The van der Waals surface area contributed by atoms with E-state index in [1.165, 1.54) is 0 Å². The molecule has 0 aromatic carbocycles. The van der Waals surface area contributed by atoms with Crippen LogP contribution in [0, 0.1) is 11.8 Å². The van der Waals surface area contributed by atoms with Crippen LogP contribution in [0.3, 0.4) is 0 Å². The maximum atomic E-state index is 11.6. The molecule has 1 aromatic heterocycles. The largest absolute Gasteiger partial charge is 0.351 e. The highest BCUT2D eigenvalue weighted by atomic mass is 16.1. The van der Waals surface area contributed by atoms with Crippen LogP contribution in [-0.4, -0.2) is 24.0 Å². The van der Waals surface area contributed by atoms with E-state index in [4.69, 9.17) is 5.73 Å². The zero-order valence-electron chi connectivity index (χ0n) is 9.99. The number of rotatable bonds is 4. The molecule has 4 heteroatoms. The molecular formula is C13H17N3O. The van der Waals surface area contributed by atoms with Gasteiger partial charge in [0.25, 0.3) is 5.91 Å². The number of unbranched alkanes of at least 4 members (excludes halogenated alkanes) is 1. The van der Waals surface area contributed by atoms with Crippen LogP contribution in [0.15, 0.2) is 18.3 Å². The minimum Gasteiger partial charge on any atom is -0.351 e. The number of carbonyl (C=O) groups excluding carboxylic acids is 1. The third kappa shape index (κ3) is 4.66. The molecule has 1 aromatic rings. The van der Waals surface area contributed by atoms with Crippen molar-refractivity contribution in [1.82, 2.24) is 10.3 Å². The minimum absolute atomic E-state index is 0.142. The number of nitrogens with one attached hydrogen (secondary N) is 1. The summed E-state index contributed by atoms with van der Waals surface area (Å²) in [5, 5.41) is 2.81. The Balaban J connectivity index is 2.57. The van der Waals surface area contributed by atoms with Gasteiger partial charge in [-0.15, -0.1) is 0 Å². The summed E-state index contributed by atoms with van der Waals surface area (Å²) >= 11 is 0. The number of aromatic nitrogens is 1. The lowest BCUT2D eigenvalue weighted by atomic mass is 10.2. The van der Waals surface area contributed by atoms with Gasteiger partial charge in [-0.1, -0.05) is 25.2 Å². The minimum atomic E-state index is -0.142. The number of nitrogens with two attached hydrogens (primary N) is 1. The van der Waals surface area contributed by atoms with E-state index in [1.807, 2.05) is 0 Å². The van der Waals surface area contributed by atoms with Crippen LogP contribution in [0.2, 0.25) is 0 Å². The van der Waals surface area contributed by atoms with Crippen molar-refractivity contribution in [3.05, 3.63) is 29.6 Å². The van der Waals surface area contributed by atoms with Crippen molar-refractivity contribution in [1.29, 1.82) is 0 Å². The van der Waals surface area contributed by atoms with E-state index >= 15 is 0 Å². The van der Waals surface area contributed by atoms with Crippen LogP contribution in [0.4, 0.5) is 0 Å². The molecule has 90 valence electrons. The van der Waals surface area contributed by atoms with Crippen LogP contribution in [0.25, 0.3) is 0 Å². The van der Waals surface area contributed by atoms with Crippen LogP contribution < -0.4 is 11.1 Å². The SMILES string of the molecule is CCCCNC(=O)c1ccc(C#CCN)cn1. The van der Waals surface area contributed by atoms with Crippen molar-refractivity contribution >= 4 is 5.91 Å². The van der Waals surface area contributed by atoms with E-state index in [0.717, 1.165) is 18.4 Å². The first-order valence-corrected chi connectivity index (χ1v) is 5.71. The second-order valence-electron chi connectivity index (χ2n) is 3.55. The number of carbonyl (C=O) groups is 1. The maximum Gasteiger partial charge on any atom is 0.269 e. The lowest BCUT2D eigenvalue weighted by Gasteiger charge is -2.03. The fraction of sp³-hybridized carbons (Fsp3) is 0.385. The van der Waals surface area contributed by atoms with Crippen LogP contribution in [0.5, 0.6) is 0 Å². The maximum absolute atomic E-state index is 11.6. The Hall–Kier alpha value is -1.86. The Morgan fingerprint density at radius 1 is 1.53 bits per heavy atom. The predicted octanol–water partition coefficient (Wildman–Crippen LogP) is 0.922. The molecule has 1 heterocycles. The van der Waals surface area contributed by atoms with Gasteiger partial charge >= 0.3 is 0 Å². The zero-order chi connectivity index (χ0) is 12.5. The van der Waals surface area contributed by atoms with Gasteiger partial charge in [0.2, 0.25) is 0 Å². The summed E-state index contributed by atoms with van der Waals surface area (Å²) < 4.78 is 0. The normalized spacial score (nSPS) is 9.29. The topological polar surface area (TPSA) is 68.0 Å². The van der Waals surface area contributed by atoms with Gasteiger partial charge in [-0.05, 0) is 18.6 Å². The third-order valence-corrected chi connectivity index (χ3v) is 2.15. The van der Waals surface area contributed by atoms with Crippen molar-refractivity contribution in [3.8, 4) is 11.8 Å². The molecule has 0 atom stereocenters. The Morgan fingerprint density at radius 2 is 2.35 bits per heavy atom. The first kappa shape index (κ1) is 13.2. The monoisotopic (exact) mass is 231 g/mol. The van der Waals surface area contributed by atoms with E-state index in [2.05, 4.69) is 29.1 Å². The predicted molar refractivity (Wildman–Crippen MR) is 67.4 cm³/mol. The average molecular weight is 231 g/mol. The third-order valence-electron chi connectivity index (χ3n) is 2.15. The van der Waals surface area contributed by atoms with E-state index < -0.39 is 0 Å². The van der Waals surface area contributed by atoms with E-state index in [0.29, 0.717) is 18.8 Å². The Labute approximate surface area is 102 Å². The van der Waals surface area contributed by atoms with Crippen molar-refractivity contribution in [2.24, 2.45) is 5.73 Å². The molecule has 0 radical (unpaired) electrons. The van der Waals surface area contributed by atoms with Crippen LogP contribution in [-0.2, 0) is 0 Å². The van der Waals surface area contributed by atoms with Crippen molar-refractivity contribution in [2.75, 3.05) is 13.1 Å². The summed E-state index contributed by atoms with van der Waals surface area (Å²) in [6, 6.07) is 3.44. The average Bonchev–Trinajstić information content (AvgIpc) is 2.37. The summed E-state index contributed by atoms with van der Waals surface area (Å²) in [5.74, 6) is 5.44. The van der Waals surface area contributed by atoms with Gasteiger partial charge in [0, 0.05) is 18.3 Å². The van der Waals surface area contributed by atoms with Gasteiger partial charge in [0.15, 0.2) is 0 Å².